The first-order valence-electron chi connectivity index (χ1n) is 9.59. The van der Waals surface area contributed by atoms with Crippen LogP contribution in [0.2, 0.25) is 0 Å². The van der Waals surface area contributed by atoms with Gasteiger partial charge < -0.3 is 15.6 Å². The Bertz CT molecular complexity index is 747. The van der Waals surface area contributed by atoms with Crippen LogP contribution in [0.1, 0.15) is 39.7 Å². The van der Waals surface area contributed by atoms with E-state index in [1.165, 1.54) is 0 Å². The number of hydrogen-bond acceptors (Lipinski definition) is 5. The Morgan fingerprint density at radius 3 is 1.93 bits per heavy atom. The molecule has 0 aliphatic rings. The number of carbonyl (C=O) groups excluding carboxylic acids is 2. The molecule has 0 aromatic heterocycles. The molecule has 152 valence electrons. The Balaban J connectivity index is 0.00000420. The van der Waals surface area contributed by atoms with Crippen molar-refractivity contribution in [1.82, 2.24) is 0 Å². The van der Waals surface area contributed by atoms with Crippen molar-refractivity contribution in [3.63, 3.8) is 0 Å². The third kappa shape index (κ3) is 7.50. The second kappa shape index (κ2) is 12.7. The maximum atomic E-state index is 12.3. The monoisotopic (exact) mass is 408 g/mol. The molecule has 5 nitrogen and oxygen atoms in total. The molecule has 2 aromatic carbocycles. The summed E-state index contributed by atoms with van der Waals surface area (Å²) in [5.74, 6) is -0.321. The predicted octanol–water partition coefficient (Wildman–Crippen LogP) is 1.45. The van der Waals surface area contributed by atoms with Gasteiger partial charge in [-0.3, -0.25) is 9.59 Å². The molecule has 2 rings (SSSR count). The van der Waals surface area contributed by atoms with Gasteiger partial charge in [-0.05, 0) is 56.9 Å². The van der Waals surface area contributed by atoms with Crippen molar-refractivity contribution in [3.8, 4) is 5.75 Å². The normalized spacial score (nSPS) is 10.6. The summed E-state index contributed by atoms with van der Waals surface area (Å²) in [6, 6.07) is 17.6. The maximum absolute atomic E-state index is 12.3. The zero-order valence-corrected chi connectivity index (χ0v) is 19.8. The fourth-order valence-electron chi connectivity index (χ4n) is 2.76. The third-order valence-electron chi connectivity index (χ3n) is 4.54. The SMILES string of the molecule is CCOC(=O)C(C)(CCc1ccc(OCc2ccccc2)cc1)C(=O)OCC.[H-].[Na+]. The molecule has 0 bridgehead atoms. The molecule has 29 heavy (non-hydrogen) atoms. The van der Waals surface area contributed by atoms with Gasteiger partial charge in [0.15, 0.2) is 5.41 Å². The molecule has 0 atom stereocenters. The minimum Gasteiger partial charge on any atom is -1.00 e. The second-order valence-electron chi connectivity index (χ2n) is 6.69. The van der Waals surface area contributed by atoms with E-state index in [1.807, 2.05) is 54.6 Å². The van der Waals surface area contributed by atoms with Gasteiger partial charge in [-0.25, -0.2) is 0 Å². The molecule has 0 heterocycles. The zero-order chi connectivity index (χ0) is 20.4. The standard InChI is InChI=1S/C23H28O5.Na.H/c1-4-26-21(24)23(3,22(25)27-5-2)16-15-18-11-13-20(14-12-18)28-17-19-9-7-6-8-10-19;;/h6-14H,4-5,15-17H2,1-3H3;;/q;+1;-1. The van der Waals surface area contributed by atoms with Crippen molar-refractivity contribution in [2.75, 3.05) is 13.2 Å². The molecule has 0 radical (unpaired) electrons. The van der Waals surface area contributed by atoms with Gasteiger partial charge in [-0.2, -0.15) is 0 Å². The minimum absolute atomic E-state index is 0. The van der Waals surface area contributed by atoms with Crippen LogP contribution >= 0.6 is 0 Å². The Morgan fingerprint density at radius 2 is 1.41 bits per heavy atom. The molecule has 0 saturated heterocycles. The Morgan fingerprint density at radius 1 is 0.862 bits per heavy atom. The van der Waals surface area contributed by atoms with Crippen LogP contribution in [0.5, 0.6) is 5.75 Å². The molecule has 0 spiro atoms. The van der Waals surface area contributed by atoms with Gasteiger partial charge in [0, 0.05) is 0 Å². The van der Waals surface area contributed by atoms with Crippen LogP contribution in [0.25, 0.3) is 0 Å². The molecule has 6 heteroatoms. The van der Waals surface area contributed by atoms with Gasteiger partial charge in [0.2, 0.25) is 0 Å². The van der Waals surface area contributed by atoms with Crippen molar-refractivity contribution in [2.24, 2.45) is 5.41 Å². The first-order chi connectivity index (χ1) is 13.5. The van der Waals surface area contributed by atoms with Gasteiger partial charge in [-0.1, -0.05) is 42.5 Å². The fourth-order valence-corrected chi connectivity index (χ4v) is 2.76. The zero-order valence-electron chi connectivity index (χ0n) is 18.8. The van der Waals surface area contributed by atoms with Crippen molar-refractivity contribution < 1.29 is 54.8 Å². The number of carbonyl (C=O) groups is 2. The van der Waals surface area contributed by atoms with Crippen LogP contribution in [0, 0.1) is 5.41 Å². The maximum Gasteiger partial charge on any atom is 1.00 e. The van der Waals surface area contributed by atoms with Crippen LogP contribution in [-0.2, 0) is 32.1 Å². The number of esters is 2. The number of benzene rings is 2. The summed E-state index contributed by atoms with van der Waals surface area (Å²) >= 11 is 0. The number of ether oxygens (including phenoxy) is 3. The van der Waals surface area contributed by atoms with Crippen LogP contribution in [0.15, 0.2) is 54.6 Å². The van der Waals surface area contributed by atoms with E-state index < -0.39 is 17.4 Å². The van der Waals surface area contributed by atoms with E-state index in [4.69, 9.17) is 14.2 Å². The molecule has 0 unspecified atom stereocenters. The smallest absolute Gasteiger partial charge is 1.00 e. The topological polar surface area (TPSA) is 61.8 Å². The van der Waals surface area contributed by atoms with Crippen LogP contribution in [-0.4, -0.2) is 25.2 Å². The Kier molecular flexibility index (Phi) is 11.0. The summed E-state index contributed by atoms with van der Waals surface area (Å²) in [6.07, 6.45) is 0.863. The predicted molar refractivity (Wildman–Crippen MR) is 108 cm³/mol. The van der Waals surface area contributed by atoms with Crippen molar-refractivity contribution >= 4 is 11.9 Å². The first kappa shape index (κ1) is 25.2. The molecule has 0 N–H and O–H groups in total. The summed E-state index contributed by atoms with van der Waals surface area (Å²) in [5, 5.41) is 0. The van der Waals surface area contributed by atoms with Gasteiger partial charge in [0.1, 0.15) is 12.4 Å². The number of aryl methyl sites for hydroxylation is 1. The second-order valence-corrected chi connectivity index (χ2v) is 6.69. The summed E-state index contributed by atoms with van der Waals surface area (Å²) in [7, 11) is 0. The largest absolute Gasteiger partial charge is 1.00 e. The van der Waals surface area contributed by atoms with Crippen molar-refractivity contribution in [2.45, 2.75) is 40.2 Å². The van der Waals surface area contributed by atoms with Gasteiger partial charge in [0.25, 0.3) is 0 Å². The summed E-state index contributed by atoms with van der Waals surface area (Å²) in [6.45, 7) is 5.97. The van der Waals surface area contributed by atoms with Crippen molar-refractivity contribution in [3.05, 3.63) is 65.7 Å². The first-order valence-corrected chi connectivity index (χ1v) is 9.59. The van der Waals surface area contributed by atoms with E-state index in [9.17, 15) is 9.59 Å². The molecule has 0 saturated carbocycles. The fraction of sp³-hybridized carbons (Fsp3) is 0.391. The number of hydrogen-bond donors (Lipinski definition) is 0. The quantitative estimate of drug-likeness (QED) is 0.338. The molecule has 2 aromatic rings. The van der Waals surface area contributed by atoms with Crippen LogP contribution < -0.4 is 34.3 Å². The van der Waals surface area contributed by atoms with E-state index in [0.29, 0.717) is 19.4 Å². The van der Waals surface area contributed by atoms with E-state index in [-0.39, 0.29) is 44.2 Å². The summed E-state index contributed by atoms with van der Waals surface area (Å²) in [5.41, 5.74) is 0.798. The Labute approximate surface area is 196 Å². The molecule has 0 aliphatic carbocycles. The molecule has 0 fully saturated rings. The van der Waals surface area contributed by atoms with E-state index >= 15 is 0 Å². The summed E-state index contributed by atoms with van der Waals surface area (Å²) < 4.78 is 16.0. The molecular formula is C23H29NaO5. The van der Waals surface area contributed by atoms with Gasteiger partial charge >= 0.3 is 41.5 Å². The van der Waals surface area contributed by atoms with Crippen molar-refractivity contribution in [1.29, 1.82) is 0 Å². The average molecular weight is 408 g/mol. The third-order valence-corrected chi connectivity index (χ3v) is 4.54. The van der Waals surface area contributed by atoms with E-state index in [1.54, 1.807) is 20.8 Å². The molecule has 0 amide bonds. The van der Waals surface area contributed by atoms with Gasteiger partial charge in [-0.15, -0.1) is 0 Å². The molecular weight excluding hydrogens is 379 g/mol. The number of rotatable bonds is 10. The van der Waals surface area contributed by atoms with Crippen LogP contribution in [0.4, 0.5) is 0 Å². The van der Waals surface area contributed by atoms with E-state index in [0.717, 1.165) is 16.9 Å². The summed E-state index contributed by atoms with van der Waals surface area (Å²) in [4.78, 5) is 24.7. The van der Waals surface area contributed by atoms with E-state index in [2.05, 4.69) is 0 Å². The molecule has 0 aliphatic heterocycles. The average Bonchev–Trinajstić information content (AvgIpc) is 2.72. The van der Waals surface area contributed by atoms with Gasteiger partial charge in [0.05, 0.1) is 13.2 Å². The minimum atomic E-state index is -1.31. The Hall–Kier alpha value is -1.82. The van der Waals surface area contributed by atoms with Crippen LogP contribution in [0.3, 0.4) is 0 Å².